The number of amides is 3. The first-order valence-electron chi connectivity index (χ1n) is 30.5. The van der Waals surface area contributed by atoms with Crippen molar-refractivity contribution in [3.63, 3.8) is 0 Å². The Kier molecular flexibility index (Phi) is 20.6. The molecule has 100 heavy (non-hydrogen) atoms. The number of ether oxygens (including phenoxy) is 3. The predicted octanol–water partition coefficient (Wildman–Crippen LogP) is 16.7. The highest BCUT2D eigenvalue weighted by molar-refractivity contribution is 6.30. The first kappa shape index (κ1) is 72.4. The highest BCUT2D eigenvalue weighted by atomic mass is 35.5. The number of Topliss-reactive ketones (excluding diaryl/α,β-unsaturated/α-hetero) is 3. The number of ketones is 3. The fraction of sp³-hybridized carbons (Fsp3) is 0.271. The molecule has 3 aliphatic carbocycles. The maximum absolute atomic E-state index is 13.7. The van der Waals surface area contributed by atoms with Gasteiger partial charge in [0.1, 0.15) is 45.3 Å². The van der Waals surface area contributed by atoms with Gasteiger partial charge in [-0.25, -0.2) is 31.6 Å². The summed E-state index contributed by atoms with van der Waals surface area (Å²) in [6.07, 6.45) is -12.0. The minimum atomic E-state index is -4.87. The summed E-state index contributed by atoms with van der Waals surface area (Å²) in [5.41, 5.74) is -3.75. The van der Waals surface area contributed by atoms with Crippen LogP contribution in [0.1, 0.15) is 174 Å². The molecule has 3 heterocycles. The van der Waals surface area contributed by atoms with Gasteiger partial charge in [0.25, 0.3) is 30.6 Å². The van der Waals surface area contributed by atoms with Crippen LogP contribution in [0.25, 0.3) is 0 Å². The third kappa shape index (κ3) is 16.2. The second-order valence-electron chi connectivity index (χ2n) is 23.9. The summed E-state index contributed by atoms with van der Waals surface area (Å²) in [5.74, 6) is -3.13. The van der Waals surface area contributed by atoms with Crippen LogP contribution >= 0.6 is 23.2 Å². The number of halogens is 12. The summed E-state index contributed by atoms with van der Waals surface area (Å²) in [6.45, 7) is 4.34. The van der Waals surface area contributed by atoms with E-state index >= 15 is 0 Å². The molecule has 0 atom stereocenters. The maximum atomic E-state index is 13.7. The Bertz CT molecular complexity index is 4570. The number of rotatable bonds is 20. The molecule has 3 amide bonds. The molecule has 12 rings (SSSR count). The van der Waals surface area contributed by atoms with Crippen LogP contribution in [0.4, 0.5) is 43.9 Å². The summed E-state index contributed by atoms with van der Waals surface area (Å²) in [7, 11) is 3.99. The summed E-state index contributed by atoms with van der Waals surface area (Å²) in [6, 6.07) is 36.1. The molecule has 0 radical (unpaired) electrons. The Labute approximate surface area is 573 Å². The van der Waals surface area contributed by atoms with E-state index in [1.807, 2.05) is 0 Å². The monoisotopic (exact) mass is 1430 g/mol. The van der Waals surface area contributed by atoms with Crippen LogP contribution in [0.3, 0.4) is 0 Å². The molecule has 522 valence electrons. The van der Waals surface area contributed by atoms with Crippen molar-refractivity contribution in [2.24, 2.45) is 21.1 Å². The van der Waals surface area contributed by atoms with E-state index in [2.05, 4.69) is 31.2 Å². The molecule has 0 unspecified atom stereocenters. The van der Waals surface area contributed by atoms with Crippen molar-refractivity contribution < 1.29 is 86.9 Å². The quantitative estimate of drug-likeness (QED) is 0.0479. The first-order chi connectivity index (χ1) is 47.1. The van der Waals surface area contributed by atoms with Gasteiger partial charge in [-0.15, -0.1) is 0 Å². The third-order valence-electron chi connectivity index (χ3n) is 16.7. The Hall–Kier alpha value is -10.4. The standard InChI is InChI=1S/C24H20F5N3O3.C23H19ClF3N3O3.C23H20ClF2N3O3/c1-13(33)14-3-5-15(6-4-14)23(11-12-23)30-21(34)18-19(20(25)26)31-32(2)22(18)35-17-9-7-16(8-10-17)24(27,28)29;1-13(31)14-3-5-15(6-4-14)22(11-12-22)28-20(32)18-19(23(25,26)27)29-30(2)21(18)33-17-9-7-16(24)8-10-17;1-13(30)14-3-5-15(6-4-14)23(11-12-23)27-21(31)18-19(20(25)26)28-29(2)22(18)32-17-9-7-16(24)8-10-17/h3-10,20H,11-12H2,1-2H3,(H,30,34);3-10H,11-12H2,1-2H3,(H,28,32);3-10,20H,11-12H2,1-2H3,(H,27,31). The summed E-state index contributed by atoms with van der Waals surface area (Å²) in [4.78, 5) is 74.1. The van der Waals surface area contributed by atoms with Crippen molar-refractivity contribution in [3.05, 3.63) is 228 Å². The van der Waals surface area contributed by atoms with Crippen LogP contribution in [-0.4, -0.2) is 64.4 Å². The highest BCUT2D eigenvalue weighted by Crippen LogP contribution is 2.50. The van der Waals surface area contributed by atoms with Gasteiger partial charge in [-0.2, -0.15) is 41.6 Å². The van der Waals surface area contributed by atoms with Crippen molar-refractivity contribution in [1.82, 2.24) is 45.3 Å². The lowest BCUT2D eigenvalue weighted by molar-refractivity contribution is -0.142. The van der Waals surface area contributed by atoms with Gasteiger partial charge in [-0.3, -0.25) is 28.8 Å². The van der Waals surface area contributed by atoms with E-state index in [9.17, 15) is 72.7 Å². The topological polar surface area (TPSA) is 220 Å². The Morgan fingerprint density at radius 3 is 0.940 bits per heavy atom. The minimum absolute atomic E-state index is 0.0636. The van der Waals surface area contributed by atoms with Gasteiger partial charge in [-0.1, -0.05) is 96.0 Å². The van der Waals surface area contributed by atoms with E-state index in [-0.39, 0.29) is 52.1 Å². The van der Waals surface area contributed by atoms with Gasteiger partial charge in [0.2, 0.25) is 17.6 Å². The molecule has 0 spiro atoms. The molecular formula is C70H59Cl2F10N9O9. The van der Waals surface area contributed by atoms with Crippen molar-refractivity contribution in [2.45, 2.75) is 101 Å². The van der Waals surface area contributed by atoms with Crippen LogP contribution in [-0.2, 0) is 50.1 Å². The van der Waals surface area contributed by atoms with Crippen molar-refractivity contribution in [1.29, 1.82) is 0 Å². The van der Waals surface area contributed by atoms with Crippen molar-refractivity contribution in [2.75, 3.05) is 0 Å². The predicted molar refractivity (Wildman–Crippen MR) is 344 cm³/mol. The number of alkyl halides is 10. The molecule has 6 aromatic carbocycles. The number of aromatic nitrogens is 6. The van der Waals surface area contributed by atoms with E-state index in [1.165, 1.54) is 66.2 Å². The molecule has 30 heteroatoms. The third-order valence-corrected chi connectivity index (χ3v) is 17.2. The number of benzene rings is 6. The minimum Gasteiger partial charge on any atom is -0.438 e. The zero-order valence-electron chi connectivity index (χ0n) is 53.6. The molecule has 3 aromatic heterocycles. The number of nitrogens with zero attached hydrogens (tertiary/aromatic N) is 6. The molecule has 3 aliphatic rings. The Morgan fingerprint density at radius 1 is 0.410 bits per heavy atom. The van der Waals surface area contributed by atoms with E-state index in [0.29, 0.717) is 82.1 Å². The number of hydrogen-bond donors (Lipinski definition) is 3. The SMILES string of the molecule is CC(=O)c1ccc(C2(NC(=O)c3c(C(F)(F)F)nn(C)c3Oc3ccc(Cl)cc3)CC2)cc1.CC(=O)c1ccc(C2(NC(=O)c3c(C(F)F)nn(C)c3Oc3ccc(C(F)(F)F)cc3)CC2)cc1.CC(=O)c1ccc(C2(NC(=O)c3c(C(F)F)nn(C)c3Oc3ccc(Cl)cc3)CC2)cc1. The van der Waals surface area contributed by atoms with Gasteiger partial charge >= 0.3 is 12.4 Å². The van der Waals surface area contributed by atoms with Gasteiger partial charge < -0.3 is 30.2 Å². The van der Waals surface area contributed by atoms with Gasteiger partial charge in [0.15, 0.2) is 23.0 Å². The normalized spacial score (nSPS) is 14.5. The van der Waals surface area contributed by atoms with Crippen LogP contribution < -0.4 is 30.2 Å². The lowest BCUT2D eigenvalue weighted by Gasteiger charge is -2.19. The summed E-state index contributed by atoms with van der Waals surface area (Å²) < 4.78 is 154. The van der Waals surface area contributed by atoms with Gasteiger partial charge in [0.05, 0.1) is 22.2 Å². The maximum Gasteiger partial charge on any atom is 0.436 e. The smallest absolute Gasteiger partial charge is 0.436 e. The first-order valence-corrected chi connectivity index (χ1v) is 31.3. The van der Waals surface area contributed by atoms with Crippen LogP contribution in [0.2, 0.25) is 10.0 Å². The van der Waals surface area contributed by atoms with E-state index in [1.54, 1.807) is 97.1 Å². The molecule has 0 aliphatic heterocycles. The lowest BCUT2D eigenvalue weighted by Crippen LogP contribution is -2.36. The Balaban J connectivity index is 0.000000162. The number of carbonyl (C=O) groups is 6. The van der Waals surface area contributed by atoms with Gasteiger partial charge in [0, 0.05) is 47.9 Å². The second kappa shape index (κ2) is 28.5. The average Bonchev–Trinajstić information content (AvgIpc) is 1.61. The number of nitrogens with one attached hydrogen (secondary N) is 3. The zero-order chi connectivity index (χ0) is 72.6. The second-order valence-corrected chi connectivity index (χ2v) is 24.7. The fourth-order valence-electron chi connectivity index (χ4n) is 10.8. The van der Waals surface area contributed by atoms with Crippen LogP contribution in [0.15, 0.2) is 146 Å². The highest BCUT2D eigenvalue weighted by Gasteiger charge is 2.51. The molecule has 0 saturated heterocycles. The molecule has 0 bridgehead atoms. The molecule has 18 nitrogen and oxygen atoms in total. The number of aryl methyl sites for hydroxylation is 3. The van der Waals surface area contributed by atoms with E-state index in [0.717, 1.165) is 43.9 Å². The average molecular weight is 1430 g/mol. The molecular weight excluding hydrogens is 1370 g/mol. The van der Waals surface area contributed by atoms with Crippen LogP contribution in [0.5, 0.6) is 34.9 Å². The molecule has 3 saturated carbocycles. The molecule has 3 N–H and O–H groups in total. The summed E-state index contributed by atoms with van der Waals surface area (Å²) >= 11 is 11.7. The number of hydrogen-bond acceptors (Lipinski definition) is 12. The van der Waals surface area contributed by atoms with Gasteiger partial charge in [-0.05, 0) is 149 Å². The van der Waals surface area contributed by atoms with Crippen molar-refractivity contribution >= 4 is 58.3 Å². The number of carbonyl (C=O) groups excluding carboxylic acids is 6. The summed E-state index contributed by atoms with van der Waals surface area (Å²) in [5, 5.41) is 20.3. The van der Waals surface area contributed by atoms with Crippen molar-refractivity contribution in [3.8, 4) is 34.9 Å². The molecule has 3 fully saturated rings. The van der Waals surface area contributed by atoms with E-state index in [4.69, 9.17) is 37.4 Å². The fourth-order valence-corrected chi connectivity index (χ4v) is 11.1. The lowest BCUT2D eigenvalue weighted by atomic mass is 10.0. The Morgan fingerprint density at radius 2 is 0.680 bits per heavy atom. The molecule has 9 aromatic rings. The largest absolute Gasteiger partial charge is 0.438 e. The van der Waals surface area contributed by atoms with E-state index < -0.39 is 93.3 Å². The zero-order valence-corrected chi connectivity index (χ0v) is 55.2. The van der Waals surface area contributed by atoms with Crippen LogP contribution in [0, 0.1) is 0 Å².